The van der Waals surface area contributed by atoms with E-state index in [-0.39, 0.29) is 13.2 Å². The highest BCUT2D eigenvalue weighted by Crippen LogP contribution is 2.30. The molecule has 0 amide bonds. The molecule has 2 aliphatic heterocycles. The minimum Gasteiger partial charge on any atom is -0.427 e. The predicted octanol–water partition coefficient (Wildman–Crippen LogP) is 0.0644. The van der Waals surface area contributed by atoms with E-state index in [0.717, 1.165) is 0 Å². The van der Waals surface area contributed by atoms with E-state index in [1.807, 2.05) is 0 Å². The Kier molecular flexibility index (Phi) is 3.82. The van der Waals surface area contributed by atoms with Crippen molar-refractivity contribution in [2.45, 2.75) is 31.3 Å². The van der Waals surface area contributed by atoms with E-state index in [1.54, 1.807) is 0 Å². The fourth-order valence-corrected chi connectivity index (χ4v) is 1.98. The zero-order valence-corrected chi connectivity index (χ0v) is 9.51. The fraction of sp³-hybridized carbons (Fsp3) is 0.778. The molecule has 2 aliphatic rings. The first kappa shape index (κ1) is 12.8. The lowest BCUT2D eigenvalue weighted by molar-refractivity contribution is -0.769. The Balaban J connectivity index is 1.88. The largest absolute Gasteiger partial charge is 0.509 e. The first-order valence-corrected chi connectivity index (χ1v) is 5.31. The molecule has 2 fully saturated rings. The molecule has 0 N–H and O–H groups in total. The first-order chi connectivity index (χ1) is 8.61. The molecule has 0 aromatic heterocycles. The van der Waals surface area contributed by atoms with E-state index in [9.17, 15) is 14.9 Å². The van der Waals surface area contributed by atoms with Crippen LogP contribution in [0.1, 0.15) is 6.92 Å². The quantitative estimate of drug-likeness (QED) is 0.398. The van der Waals surface area contributed by atoms with Crippen LogP contribution in [0.15, 0.2) is 0 Å². The van der Waals surface area contributed by atoms with E-state index in [4.69, 9.17) is 14.2 Å². The van der Waals surface area contributed by atoms with Crippen molar-refractivity contribution in [3.8, 4) is 0 Å². The van der Waals surface area contributed by atoms with Gasteiger partial charge >= 0.3 is 6.16 Å². The van der Waals surface area contributed by atoms with Crippen molar-refractivity contribution >= 4 is 6.16 Å². The van der Waals surface area contributed by atoms with E-state index < -0.39 is 35.7 Å². The van der Waals surface area contributed by atoms with Gasteiger partial charge in [0.25, 0.3) is 5.09 Å². The van der Waals surface area contributed by atoms with Crippen LogP contribution in [0.5, 0.6) is 0 Å². The summed E-state index contributed by atoms with van der Waals surface area (Å²) >= 11 is 0. The van der Waals surface area contributed by atoms with Gasteiger partial charge in [-0.05, 0) is 6.92 Å². The number of carbonyl (C=O) groups is 1. The SMILES string of the molecule is C[CH]OC(=O)O[C@H]1CO[C@H]2[C@@H]1OC[C@H]2O[N+](=O)[O-]. The third kappa shape index (κ3) is 2.62. The van der Waals surface area contributed by atoms with Gasteiger partial charge in [-0.15, -0.1) is 10.1 Å². The van der Waals surface area contributed by atoms with Crippen molar-refractivity contribution < 1.29 is 33.7 Å². The third-order valence-corrected chi connectivity index (χ3v) is 2.65. The Morgan fingerprint density at radius 2 is 1.94 bits per heavy atom. The normalized spacial score (nSPS) is 33.8. The van der Waals surface area contributed by atoms with Crippen molar-refractivity contribution in [3.05, 3.63) is 16.7 Å². The van der Waals surface area contributed by atoms with Crippen LogP contribution >= 0.6 is 0 Å². The van der Waals surface area contributed by atoms with Crippen LogP contribution in [-0.2, 0) is 23.8 Å². The molecule has 9 nitrogen and oxygen atoms in total. The standard InChI is InChI=1S/C9H12NO8/c1-2-14-9(11)17-5-3-15-8-6(18-10(12)13)4-16-7(5)8/h2,5-8H,3-4H2,1H3/t5-,6+,7+,8+/m0/s1. The van der Waals surface area contributed by atoms with Crippen molar-refractivity contribution in [3.63, 3.8) is 0 Å². The summed E-state index contributed by atoms with van der Waals surface area (Å²) in [6.45, 7) is 2.82. The van der Waals surface area contributed by atoms with Crippen LogP contribution in [0, 0.1) is 16.7 Å². The van der Waals surface area contributed by atoms with E-state index in [0.29, 0.717) is 0 Å². The molecular weight excluding hydrogens is 250 g/mol. The minimum absolute atomic E-state index is 0.0190. The topological polar surface area (TPSA) is 106 Å². The fourth-order valence-electron chi connectivity index (χ4n) is 1.98. The van der Waals surface area contributed by atoms with Crippen molar-refractivity contribution in [1.29, 1.82) is 0 Å². The average molecular weight is 262 g/mol. The number of hydrogen-bond donors (Lipinski definition) is 0. The third-order valence-electron chi connectivity index (χ3n) is 2.65. The molecule has 0 aromatic carbocycles. The summed E-state index contributed by atoms with van der Waals surface area (Å²) < 4.78 is 20.0. The van der Waals surface area contributed by atoms with Gasteiger partial charge in [0.05, 0.1) is 13.2 Å². The van der Waals surface area contributed by atoms with Gasteiger partial charge in [-0.1, -0.05) is 0 Å². The number of carbonyl (C=O) groups excluding carboxylic acids is 1. The molecule has 4 atom stereocenters. The van der Waals surface area contributed by atoms with E-state index in [1.165, 1.54) is 13.5 Å². The Morgan fingerprint density at radius 1 is 1.33 bits per heavy atom. The second-order valence-corrected chi connectivity index (χ2v) is 3.72. The van der Waals surface area contributed by atoms with Crippen molar-refractivity contribution in [2.24, 2.45) is 0 Å². The Labute approximate surface area is 102 Å². The van der Waals surface area contributed by atoms with Crippen LogP contribution in [-0.4, -0.2) is 48.9 Å². The molecule has 1 radical (unpaired) electrons. The molecule has 2 heterocycles. The molecule has 2 rings (SSSR count). The average Bonchev–Trinajstić information content (AvgIpc) is 2.83. The van der Waals surface area contributed by atoms with Gasteiger partial charge in [-0.3, -0.25) is 0 Å². The molecule has 9 heteroatoms. The Hall–Kier alpha value is -1.61. The lowest BCUT2D eigenvalue weighted by Crippen LogP contribution is -2.35. The lowest BCUT2D eigenvalue weighted by atomic mass is 10.1. The lowest BCUT2D eigenvalue weighted by Gasteiger charge is -2.15. The number of ether oxygens (including phenoxy) is 4. The van der Waals surface area contributed by atoms with Gasteiger partial charge in [-0.2, -0.15) is 0 Å². The molecule has 0 aromatic rings. The first-order valence-electron chi connectivity index (χ1n) is 5.31. The number of nitrogens with zero attached hydrogens (tertiary/aromatic N) is 1. The molecule has 0 aliphatic carbocycles. The smallest absolute Gasteiger partial charge is 0.427 e. The van der Waals surface area contributed by atoms with Gasteiger partial charge in [-0.25, -0.2) is 4.79 Å². The van der Waals surface area contributed by atoms with E-state index >= 15 is 0 Å². The summed E-state index contributed by atoms with van der Waals surface area (Å²) in [6.07, 6.45) is -3.50. The summed E-state index contributed by atoms with van der Waals surface area (Å²) in [5.41, 5.74) is 0. The zero-order valence-electron chi connectivity index (χ0n) is 9.51. The summed E-state index contributed by atoms with van der Waals surface area (Å²) in [5, 5.41) is 9.36. The van der Waals surface area contributed by atoms with Crippen LogP contribution in [0.4, 0.5) is 4.79 Å². The summed E-state index contributed by atoms with van der Waals surface area (Å²) in [5.74, 6) is 0. The Morgan fingerprint density at radius 3 is 2.56 bits per heavy atom. The highest BCUT2D eigenvalue weighted by molar-refractivity contribution is 5.60. The van der Waals surface area contributed by atoms with Crippen molar-refractivity contribution in [2.75, 3.05) is 13.2 Å². The molecule has 101 valence electrons. The maximum absolute atomic E-state index is 11.1. The number of hydrogen-bond acceptors (Lipinski definition) is 8. The zero-order chi connectivity index (χ0) is 13.1. The molecule has 18 heavy (non-hydrogen) atoms. The highest BCUT2D eigenvalue weighted by Gasteiger charge is 2.51. The van der Waals surface area contributed by atoms with Crippen LogP contribution in [0.25, 0.3) is 0 Å². The van der Waals surface area contributed by atoms with Crippen LogP contribution in [0.2, 0.25) is 0 Å². The predicted molar refractivity (Wildman–Crippen MR) is 52.7 cm³/mol. The summed E-state index contributed by atoms with van der Waals surface area (Å²) in [7, 11) is 0. The second-order valence-electron chi connectivity index (χ2n) is 3.72. The van der Waals surface area contributed by atoms with Gasteiger partial charge < -0.3 is 23.8 Å². The van der Waals surface area contributed by atoms with E-state index in [2.05, 4.69) is 9.57 Å². The highest BCUT2D eigenvalue weighted by atomic mass is 17.0. The maximum atomic E-state index is 11.1. The minimum atomic E-state index is -0.895. The van der Waals surface area contributed by atoms with Crippen LogP contribution in [0.3, 0.4) is 0 Å². The molecular formula is C9H12NO8. The van der Waals surface area contributed by atoms with Gasteiger partial charge in [0.1, 0.15) is 18.8 Å². The van der Waals surface area contributed by atoms with Crippen molar-refractivity contribution in [1.82, 2.24) is 0 Å². The summed E-state index contributed by atoms with van der Waals surface area (Å²) in [6, 6.07) is 0. The number of rotatable bonds is 4. The van der Waals surface area contributed by atoms with Gasteiger partial charge in [0.2, 0.25) is 0 Å². The molecule has 0 spiro atoms. The molecule has 2 saturated heterocycles. The summed E-state index contributed by atoms with van der Waals surface area (Å²) in [4.78, 5) is 25.8. The molecule has 0 unspecified atom stereocenters. The van der Waals surface area contributed by atoms with Crippen LogP contribution < -0.4 is 0 Å². The van der Waals surface area contributed by atoms with Gasteiger partial charge in [0.15, 0.2) is 12.2 Å². The maximum Gasteiger partial charge on any atom is 0.509 e. The molecule has 0 bridgehead atoms. The molecule has 0 saturated carbocycles. The monoisotopic (exact) mass is 262 g/mol. The second kappa shape index (κ2) is 5.36. The Bertz CT molecular complexity index is 335. The number of fused-ring (bicyclic) bond motifs is 1. The van der Waals surface area contributed by atoms with Gasteiger partial charge in [0, 0.05) is 0 Å².